The molecule has 0 spiro atoms. The number of nitrogens with one attached hydrogen (secondary N) is 2. The lowest BCUT2D eigenvalue weighted by Crippen LogP contribution is -2.37. The van der Waals surface area contributed by atoms with Gasteiger partial charge in [0.2, 0.25) is 18.0 Å². The number of hydrogen-bond acceptors (Lipinski definition) is 7. The standard InChI is InChI=1S/C16H22N4O4/c1-9-8-12(18-17-9)15-19-20(10(2)21)16(24-15)11-6-5-7-13(22-3)14(11)23-4/h5-7,9,12,16-18H,8H2,1-4H3. The Morgan fingerprint density at radius 2 is 2.12 bits per heavy atom. The van der Waals surface area contributed by atoms with E-state index in [1.165, 1.54) is 11.9 Å². The molecule has 0 radical (unpaired) electrons. The summed E-state index contributed by atoms with van der Waals surface area (Å²) in [5.41, 5.74) is 6.94. The quantitative estimate of drug-likeness (QED) is 0.859. The first-order valence-electron chi connectivity index (χ1n) is 7.82. The smallest absolute Gasteiger partial charge is 0.243 e. The van der Waals surface area contributed by atoms with Crippen molar-refractivity contribution in [3.63, 3.8) is 0 Å². The maximum absolute atomic E-state index is 12.0. The zero-order chi connectivity index (χ0) is 17.3. The van der Waals surface area contributed by atoms with E-state index >= 15 is 0 Å². The van der Waals surface area contributed by atoms with Crippen LogP contribution in [0, 0.1) is 0 Å². The van der Waals surface area contributed by atoms with Crippen LogP contribution in [0.25, 0.3) is 0 Å². The van der Waals surface area contributed by atoms with E-state index in [9.17, 15) is 4.79 Å². The molecule has 0 aromatic heterocycles. The van der Waals surface area contributed by atoms with Crippen molar-refractivity contribution in [3.8, 4) is 11.5 Å². The number of hydrazine groups is 1. The fourth-order valence-corrected chi connectivity index (χ4v) is 2.91. The Morgan fingerprint density at radius 3 is 2.71 bits per heavy atom. The van der Waals surface area contributed by atoms with Crippen molar-refractivity contribution in [2.75, 3.05) is 14.2 Å². The van der Waals surface area contributed by atoms with E-state index in [-0.39, 0.29) is 11.9 Å². The minimum absolute atomic E-state index is 0.0801. The van der Waals surface area contributed by atoms with Crippen molar-refractivity contribution in [1.29, 1.82) is 0 Å². The van der Waals surface area contributed by atoms with Crippen LogP contribution in [0.4, 0.5) is 0 Å². The minimum Gasteiger partial charge on any atom is -0.493 e. The van der Waals surface area contributed by atoms with Crippen LogP contribution in [0.1, 0.15) is 32.1 Å². The highest BCUT2D eigenvalue weighted by atomic mass is 16.5. The highest BCUT2D eigenvalue weighted by Gasteiger charge is 2.39. The summed E-state index contributed by atoms with van der Waals surface area (Å²) < 4.78 is 16.8. The number of amides is 1. The monoisotopic (exact) mass is 334 g/mol. The Kier molecular flexibility index (Phi) is 4.59. The van der Waals surface area contributed by atoms with Crippen LogP contribution in [0.3, 0.4) is 0 Å². The number of benzene rings is 1. The summed E-state index contributed by atoms with van der Waals surface area (Å²) in [6.45, 7) is 3.52. The minimum atomic E-state index is -0.680. The summed E-state index contributed by atoms with van der Waals surface area (Å²) in [5.74, 6) is 1.37. The molecule has 8 nitrogen and oxygen atoms in total. The molecule has 24 heavy (non-hydrogen) atoms. The van der Waals surface area contributed by atoms with Crippen molar-refractivity contribution >= 4 is 11.8 Å². The molecular weight excluding hydrogens is 312 g/mol. The number of hydrogen-bond donors (Lipinski definition) is 2. The predicted molar refractivity (Wildman–Crippen MR) is 87.5 cm³/mol. The Balaban J connectivity index is 1.92. The molecular formula is C16H22N4O4. The lowest BCUT2D eigenvalue weighted by atomic mass is 10.1. The maximum Gasteiger partial charge on any atom is 0.243 e. The van der Waals surface area contributed by atoms with Gasteiger partial charge in [0.1, 0.15) is 6.04 Å². The highest BCUT2D eigenvalue weighted by molar-refractivity contribution is 5.86. The van der Waals surface area contributed by atoms with Crippen molar-refractivity contribution in [3.05, 3.63) is 23.8 Å². The number of nitrogens with zero attached hydrogens (tertiary/aromatic N) is 2. The van der Waals surface area contributed by atoms with Gasteiger partial charge in [0.15, 0.2) is 11.5 Å². The number of ether oxygens (including phenoxy) is 3. The first kappa shape index (κ1) is 16.5. The summed E-state index contributed by atoms with van der Waals surface area (Å²) in [4.78, 5) is 12.0. The third kappa shape index (κ3) is 2.90. The number of hydrazone groups is 1. The first-order valence-corrected chi connectivity index (χ1v) is 7.82. The van der Waals surface area contributed by atoms with E-state index in [1.54, 1.807) is 20.3 Å². The van der Waals surface area contributed by atoms with Gasteiger partial charge in [-0.2, -0.15) is 5.01 Å². The molecule has 0 bridgehead atoms. The van der Waals surface area contributed by atoms with Gasteiger partial charge in [-0.25, -0.2) is 5.43 Å². The molecule has 2 N–H and O–H groups in total. The Bertz CT molecular complexity index is 663. The van der Waals surface area contributed by atoms with Gasteiger partial charge in [0.25, 0.3) is 0 Å². The third-order valence-corrected chi connectivity index (χ3v) is 4.07. The molecule has 0 saturated carbocycles. The molecule has 3 rings (SSSR count). The summed E-state index contributed by atoms with van der Waals surface area (Å²) in [5, 5.41) is 5.70. The normalized spacial score (nSPS) is 26.1. The fourth-order valence-electron chi connectivity index (χ4n) is 2.91. The van der Waals surface area contributed by atoms with Crippen molar-refractivity contribution in [2.24, 2.45) is 5.10 Å². The van der Waals surface area contributed by atoms with Gasteiger partial charge < -0.3 is 14.2 Å². The number of methoxy groups -OCH3 is 2. The van der Waals surface area contributed by atoms with Crippen LogP contribution in [0.15, 0.2) is 23.3 Å². The molecule has 130 valence electrons. The van der Waals surface area contributed by atoms with Crippen molar-refractivity contribution in [1.82, 2.24) is 15.9 Å². The highest BCUT2D eigenvalue weighted by Crippen LogP contribution is 2.40. The number of carbonyl (C=O) groups is 1. The number of carbonyl (C=O) groups excluding carboxylic acids is 1. The Hall–Kier alpha value is -2.32. The largest absolute Gasteiger partial charge is 0.493 e. The summed E-state index contributed by atoms with van der Waals surface area (Å²) in [6, 6.07) is 5.68. The molecule has 8 heteroatoms. The molecule has 2 aliphatic rings. The van der Waals surface area contributed by atoms with Gasteiger partial charge >= 0.3 is 0 Å². The number of para-hydroxylation sites is 1. The Morgan fingerprint density at radius 1 is 1.33 bits per heavy atom. The fraction of sp³-hybridized carbons (Fsp3) is 0.500. The first-order chi connectivity index (χ1) is 11.5. The summed E-state index contributed by atoms with van der Waals surface area (Å²) >= 11 is 0. The van der Waals surface area contributed by atoms with E-state index in [2.05, 4.69) is 22.9 Å². The van der Waals surface area contributed by atoms with Crippen LogP contribution in [0.5, 0.6) is 11.5 Å². The van der Waals surface area contributed by atoms with E-state index in [0.29, 0.717) is 29.0 Å². The molecule has 3 unspecified atom stereocenters. The van der Waals surface area contributed by atoms with Crippen LogP contribution in [-0.2, 0) is 9.53 Å². The zero-order valence-corrected chi connectivity index (χ0v) is 14.2. The van der Waals surface area contributed by atoms with Gasteiger partial charge in [-0.05, 0) is 25.5 Å². The topological polar surface area (TPSA) is 84.4 Å². The van der Waals surface area contributed by atoms with Gasteiger partial charge in [-0.15, -0.1) is 5.10 Å². The van der Waals surface area contributed by atoms with E-state index in [0.717, 1.165) is 6.42 Å². The maximum atomic E-state index is 12.0. The van der Waals surface area contributed by atoms with Gasteiger partial charge in [-0.1, -0.05) is 6.07 Å². The molecule has 0 aliphatic carbocycles. The van der Waals surface area contributed by atoms with Gasteiger partial charge in [0.05, 0.1) is 19.8 Å². The summed E-state index contributed by atoms with van der Waals surface area (Å²) in [7, 11) is 3.12. The Labute approximate surface area is 140 Å². The molecule has 2 heterocycles. The predicted octanol–water partition coefficient (Wildman–Crippen LogP) is 1.15. The molecule has 3 atom stereocenters. The SMILES string of the molecule is COc1cccc(C2OC(C3CC(C)NN3)=NN2C(C)=O)c1OC. The van der Waals surface area contributed by atoms with E-state index in [4.69, 9.17) is 14.2 Å². The third-order valence-electron chi connectivity index (χ3n) is 4.07. The molecule has 2 aliphatic heterocycles. The lowest BCUT2D eigenvalue weighted by molar-refractivity contribution is -0.135. The van der Waals surface area contributed by atoms with Gasteiger partial charge in [-0.3, -0.25) is 10.2 Å². The van der Waals surface area contributed by atoms with E-state index < -0.39 is 6.23 Å². The molecule has 1 saturated heterocycles. The van der Waals surface area contributed by atoms with Crippen LogP contribution >= 0.6 is 0 Å². The lowest BCUT2D eigenvalue weighted by Gasteiger charge is -2.22. The van der Waals surface area contributed by atoms with Crippen molar-refractivity contribution < 1.29 is 19.0 Å². The van der Waals surface area contributed by atoms with Crippen LogP contribution in [0.2, 0.25) is 0 Å². The molecule has 1 aromatic rings. The summed E-state index contributed by atoms with van der Waals surface area (Å²) in [6.07, 6.45) is 0.146. The molecule has 1 fully saturated rings. The second-order valence-corrected chi connectivity index (χ2v) is 5.83. The van der Waals surface area contributed by atoms with E-state index in [1.807, 2.05) is 12.1 Å². The molecule has 1 aromatic carbocycles. The second kappa shape index (κ2) is 6.66. The zero-order valence-electron chi connectivity index (χ0n) is 14.2. The average Bonchev–Trinajstić information content (AvgIpc) is 3.20. The van der Waals surface area contributed by atoms with Crippen molar-refractivity contribution in [2.45, 2.75) is 38.6 Å². The van der Waals surface area contributed by atoms with Crippen LogP contribution < -0.4 is 20.3 Å². The number of rotatable bonds is 4. The average molecular weight is 334 g/mol. The molecule has 1 amide bonds. The van der Waals surface area contributed by atoms with Gasteiger partial charge in [0, 0.05) is 13.0 Å². The van der Waals surface area contributed by atoms with Crippen LogP contribution in [-0.4, -0.2) is 43.1 Å². The second-order valence-electron chi connectivity index (χ2n) is 5.83.